The van der Waals surface area contributed by atoms with Crippen LogP contribution in [-0.2, 0) is 11.2 Å². The van der Waals surface area contributed by atoms with E-state index in [1.54, 1.807) is 0 Å². The van der Waals surface area contributed by atoms with Crippen LogP contribution in [0.3, 0.4) is 0 Å². The minimum absolute atomic E-state index is 0.250. The average molecular weight is 334 g/mol. The molecule has 0 amide bonds. The third kappa shape index (κ3) is 6.49. The summed E-state index contributed by atoms with van der Waals surface area (Å²) in [6.07, 6.45) is 6.22. The summed E-state index contributed by atoms with van der Waals surface area (Å²) in [5.74, 6) is 1.87. The molecular formula is C19H30N2O3. The molecule has 3 N–H and O–H groups in total. The quantitative estimate of drug-likeness (QED) is 0.782. The van der Waals surface area contributed by atoms with Gasteiger partial charge in [-0.25, -0.2) is 0 Å². The zero-order valence-electron chi connectivity index (χ0n) is 14.6. The van der Waals surface area contributed by atoms with Crippen molar-refractivity contribution in [2.24, 2.45) is 11.7 Å². The van der Waals surface area contributed by atoms with Gasteiger partial charge in [0.25, 0.3) is 6.47 Å². The van der Waals surface area contributed by atoms with Gasteiger partial charge < -0.3 is 20.5 Å². The molecule has 134 valence electrons. The highest BCUT2D eigenvalue weighted by Gasteiger charge is 2.22. The molecule has 0 spiro atoms. The van der Waals surface area contributed by atoms with Gasteiger partial charge in [0.15, 0.2) is 0 Å². The van der Waals surface area contributed by atoms with Gasteiger partial charge in [0, 0.05) is 19.1 Å². The fraction of sp³-hybridized carbons (Fsp3) is 0.632. The monoisotopic (exact) mass is 334 g/mol. The van der Waals surface area contributed by atoms with Crippen LogP contribution in [0.1, 0.15) is 36.8 Å². The zero-order valence-corrected chi connectivity index (χ0v) is 14.6. The summed E-state index contributed by atoms with van der Waals surface area (Å²) < 4.78 is 5.90. The number of hydrogen-bond acceptors (Lipinski definition) is 4. The summed E-state index contributed by atoms with van der Waals surface area (Å²) >= 11 is 0. The number of rotatable bonds is 6. The van der Waals surface area contributed by atoms with Crippen molar-refractivity contribution in [1.82, 2.24) is 4.90 Å². The summed E-state index contributed by atoms with van der Waals surface area (Å²) in [6.45, 7) is 6.18. The van der Waals surface area contributed by atoms with Gasteiger partial charge in [-0.2, -0.15) is 0 Å². The Bertz CT molecular complexity index is 517. The lowest BCUT2D eigenvalue weighted by Crippen LogP contribution is -2.43. The predicted molar refractivity (Wildman–Crippen MR) is 95.4 cm³/mol. The van der Waals surface area contributed by atoms with Crippen LogP contribution in [0.2, 0.25) is 0 Å². The van der Waals surface area contributed by atoms with Crippen molar-refractivity contribution >= 4 is 6.47 Å². The van der Waals surface area contributed by atoms with E-state index in [2.05, 4.69) is 30.0 Å². The van der Waals surface area contributed by atoms with Gasteiger partial charge in [0.1, 0.15) is 5.75 Å². The fourth-order valence-corrected chi connectivity index (χ4v) is 3.10. The fourth-order valence-electron chi connectivity index (χ4n) is 3.10. The number of benzene rings is 1. The highest BCUT2D eigenvalue weighted by atomic mass is 16.5. The Morgan fingerprint density at radius 3 is 2.75 bits per heavy atom. The van der Waals surface area contributed by atoms with Crippen LogP contribution in [0, 0.1) is 12.8 Å². The molecular weight excluding hydrogens is 304 g/mol. The van der Waals surface area contributed by atoms with Crippen molar-refractivity contribution in [1.29, 1.82) is 0 Å². The third-order valence-corrected chi connectivity index (χ3v) is 4.67. The highest BCUT2D eigenvalue weighted by Crippen LogP contribution is 2.30. The van der Waals surface area contributed by atoms with Crippen LogP contribution >= 0.6 is 0 Å². The topological polar surface area (TPSA) is 75.8 Å². The van der Waals surface area contributed by atoms with E-state index in [0.717, 1.165) is 37.8 Å². The molecule has 2 fully saturated rings. The van der Waals surface area contributed by atoms with Crippen LogP contribution in [0.4, 0.5) is 0 Å². The first-order chi connectivity index (χ1) is 11.6. The SMILES string of the molecule is Cc1cc(CCN2CCCC(N)C2)ccc1OCC1CC1.O=CO. The Kier molecular flexibility index (Phi) is 7.53. The number of ether oxygens (including phenoxy) is 1. The Hall–Kier alpha value is -1.59. The zero-order chi connectivity index (χ0) is 17.4. The molecule has 1 unspecified atom stereocenters. The number of likely N-dealkylation sites (tertiary alicyclic amines) is 1. The molecule has 0 bridgehead atoms. The van der Waals surface area contributed by atoms with Crippen molar-refractivity contribution in [3.05, 3.63) is 29.3 Å². The van der Waals surface area contributed by atoms with E-state index in [0.29, 0.717) is 6.04 Å². The van der Waals surface area contributed by atoms with Crippen LogP contribution in [0.25, 0.3) is 0 Å². The molecule has 1 saturated carbocycles. The minimum Gasteiger partial charge on any atom is -0.493 e. The van der Waals surface area contributed by atoms with E-state index in [1.807, 2.05) is 0 Å². The summed E-state index contributed by atoms with van der Waals surface area (Å²) in [5, 5.41) is 6.89. The molecule has 5 nitrogen and oxygen atoms in total. The molecule has 0 radical (unpaired) electrons. The number of nitrogens with two attached hydrogens (primary N) is 1. The summed E-state index contributed by atoms with van der Waals surface area (Å²) in [7, 11) is 0. The van der Waals surface area contributed by atoms with Gasteiger partial charge >= 0.3 is 0 Å². The van der Waals surface area contributed by atoms with E-state index >= 15 is 0 Å². The second-order valence-electron chi connectivity index (χ2n) is 6.91. The van der Waals surface area contributed by atoms with Crippen molar-refractivity contribution < 1.29 is 14.6 Å². The normalized spacial score (nSPS) is 20.8. The first-order valence-corrected chi connectivity index (χ1v) is 8.90. The van der Waals surface area contributed by atoms with Gasteiger partial charge in [-0.1, -0.05) is 12.1 Å². The molecule has 1 aromatic carbocycles. The largest absolute Gasteiger partial charge is 0.493 e. The van der Waals surface area contributed by atoms with Crippen LogP contribution < -0.4 is 10.5 Å². The van der Waals surface area contributed by atoms with E-state index in [9.17, 15) is 0 Å². The van der Waals surface area contributed by atoms with E-state index in [-0.39, 0.29) is 6.47 Å². The number of nitrogens with zero attached hydrogens (tertiary/aromatic N) is 1. The Morgan fingerprint density at radius 1 is 1.38 bits per heavy atom. The van der Waals surface area contributed by atoms with E-state index in [4.69, 9.17) is 20.4 Å². The Morgan fingerprint density at radius 2 is 2.12 bits per heavy atom. The van der Waals surface area contributed by atoms with Crippen LogP contribution in [0.5, 0.6) is 5.75 Å². The van der Waals surface area contributed by atoms with Gasteiger partial charge in [0.2, 0.25) is 0 Å². The van der Waals surface area contributed by atoms with Crippen molar-refractivity contribution in [3.8, 4) is 5.75 Å². The van der Waals surface area contributed by atoms with E-state index < -0.39 is 0 Å². The highest BCUT2D eigenvalue weighted by molar-refractivity contribution is 5.36. The number of carboxylic acid groups (broad SMARTS) is 1. The lowest BCUT2D eigenvalue weighted by Gasteiger charge is -2.30. The number of piperidine rings is 1. The number of aryl methyl sites for hydroxylation is 1. The molecule has 1 aliphatic heterocycles. The molecule has 1 saturated heterocycles. The molecule has 0 aromatic heterocycles. The molecule has 5 heteroatoms. The van der Waals surface area contributed by atoms with Gasteiger partial charge in [-0.3, -0.25) is 4.79 Å². The lowest BCUT2D eigenvalue weighted by atomic mass is 10.0. The van der Waals surface area contributed by atoms with E-state index in [1.165, 1.54) is 43.4 Å². The molecule has 1 atom stereocenters. The lowest BCUT2D eigenvalue weighted by molar-refractivity contribution is -0.122. The second-order valence-corrected chi connectivity index (χ2v) is 6.91. The van der Waals surface area contributed by atoms with Gasteiger partial charge in [0.05, 0.1) is 6.61 Å². The number of carbonyl (C=O) groups is 1. The maximum Gasteiger partial charge on any atom is 0.290 e. The molecule has 1 heterocycles. The summed E-state index contributed by atoms with van der Waals surface area (Å²) in [4.78, 5) is 10.9. The minimum atomic E-state index is -0.250. The summed E-state index contributed by atoms with van der Waals surface area (Å²) in [5.41, 5.74) is 8.72. The standard InChI is InChI=1S/C18H28N2O.CH2O2/c1-14-11-15(6-7-18(14)21-13-16-4-5-16)8-10-20-9-2-3-17(19)12-20;2-1-3/h6-7,11,16-17H,2-5,8-10,12-13,19H2,1H3;1H,(H,2,3). The molecule has 24 heavy (non-hydrogen) atoms. The second kappa shape index (κ2) is 9.64. The Balaban J connectivity index is 0.000000647. The predicted octanol–water partition coefficient (Wildman–Crippen LogP) is 2.45. The third-order valence-electron chi connectivity index (χ3n) is 4.67. The molecule has 2 aliphatic rings. The molecule has 3 rings (SSSR count). The first-order valence-electron chi connectivity index (χ1n) is 8.90. The maximum atomic E-state index is 8.36. The molecule has 1 aliphatic carbocycles. The van der Waals surface area contributed by atoms with Crippen molar-refractivity contribution in [2.45, 2.75) is 45.1 Å². The smallest absolute Gasteiger partial charge is 0.290 e. The number of hydrogen-bond donors (Lipinski definition) is 2. The van der Waals surface area contributed by atoms with Gasteiger partial charge in [-0.05, 0) is 68.7 Å². The summed E-state index contributed by atoms with van der Waals surface area (Å²) in [6, 6.07) is 7.03. The van der Waals surface area contributed by atoms with Crippen LogP contribution in [0.15, 0.2) is 18.2 Å². The molecule has 1 aromatic rings. The first kappa shape index (κ1) is 18.7. The van der Waals surface area contributed by atoms with Crippen LogP contribution in [-0.4, -0.2) is 48.8 Å². The van der Waals surface area contributed by atoms with Gasteiger partial charge in [-0.15, -0.1) is 0 Å². The van der Waals surface area contributed by atoms with Crippen molar-refractivity contribution in [3.63, 3.8) is 0 Å². The average Bonchev–Trinajstić information content (AvgIpc) is 3.37. The maximum absolute atomic E-state index is 8.36. The Labute approximate surface area is 144 Å². The van der Waals surface area contributed by atoms with Crippen molar-refractivity contribution in [2.75, 3.05) is 26.2 Å².